The molecule has 2 aromatic heterocycles. The molecule has 0 saturated heterocycles. The molecule has 0 aliphatic heterocycles. The Balaban J connectivity index is 2.07. The molecule has 31 heavy (non-hydrogen) atoms. The van der Waals surface area contributed by atoms with Crippen LogP contribution in [-0.2, 0) is 17.1 Å². The highest BCUT2D eigenvalue weighted by Crippen LogP contribution is 2.38. The van der Waals surface area contributed by atoms with Gasteiger partial charge in [-0.2, -0.15) is 26.3 Å². The topological polar surface area (TPSA) is 86.7 Å². The van der Waals surface area contributed by atoms with E-state index in [0.29, 0.717) is 12.1 Å². The van der Waals surface area contributed by atoms with Crippen molar-refractivity contribution in [3.63, 3.8) is 0 Å². The van der Waals surface area contributed by atoms with Crippen LogP contribution in [0.5, 0.6) is 0 Å². The molecule has 0 saturated carbocycles. The van der Waals surface area contributed by atoms with E-state index in [-0.39, 0.29) is 22.2 Å². The van der Waals surface area contributed by atoms with Crippen molar-refractivity contribution in [2.75, 3.05) is 0 Å². The molecular formula is C18H10ClF6N5O. The molecule has 162 valence electrons. The molecule has 0 unspecified atom stereocenters. The van der Waals surface area contributed by atoms with Crippen LogP contribution in [0.2, 0.25) is 5.02 Å². The lowest BCUT2D eigenvalue weighted by molar-refractivity contribution is -0.143. The van der Waals surface area contributed by atoms with Crippen molar-refractivity contribution in [3.8, 4) is 11.4 Å². The fourth-order valence-electron chi connectivity index (χ4n) is 2.53. The largest absolute Gasteiger partial charge is 0.416 e. The summed E-state index contributed by atoms with van der Waals surface area (Å²) in [5.74, 6) is -1.33. The van der Waals surface area contributed by atoms with Crippen molar-refractivity contribution in [3.05, 3.63) is 64.7 Å². The van der Waals surface area contributed by atoms with Crippen molar-refractivity contribution in [2.24, 2.45) is 5.73 Å². The van der Waals surface area contributed by atoms with E-state index >= 15 is 0 Å². The number of hydrogen-bond donors (Lipinski definition) is 1. The Morgan fingerprint density at radius 2 is 1.61 bits per heavy atom. The number of halogens is 7. The number of pyridine rings is 1. The van der Waals surface area contributed by atoms with E-state index in [1.54, 1.807) is 0 Å². The SMILES string of the molecule is NC(=O)/C(=C/n1cnc(-c2cc(C(F)(F)F)cc(C(F)(F)F)c2)n1)c1cncc(Cl)c1. The molecule has 0 aliphatic carbocycles. The number of nitrogens with two attached hydrogens (primary N) is 1. The number of nitrogens with zero attached hydrogens (tertiary/aromatic N) is 4. The monoisotopic (exact) mass is 461 g/mol. The third kappa shape index (κ3) is 5.20. The maximum Gasteiger partial charge on any atom is 0.416 e. The molecule has 1 aromatic carbocycles. The highest BCUT2D eigenvalue weighted by atomic mass is 35.5. The standard InChI is InChI=1S/C18H10ClF6N5O/c19-13-3-10(5-27-6-13)14(15(26)31)7-30-8-28-16(29-30)9-1-11(17(20,21)22)4-12(2-9)18(23,24)25/h1-8H,(H2,26,31)/b14-7+. The van der Waals surface area contributed by atoms with E-state index in [1.807, 2.05) is 0 Å². The van der Waals surface area contributed by atoms with Gasteiger partial charge in [-0.25, -0.2) is 9.67 Å². The first-order valence-corrected chi connectivity index (χ1v) is 8.56. The number of rotatable bonds is 4. The summed E-state index contributed by atoms with van der Waals surface area (Å²) < 4.78 is 79.2. The fourth-order valence-corrected chi connectivity index (χ4v) is 2.70. The second-order valence-corrected chi connectivity index (χ2v) is 6.58. The molecule has 0 bridgehead atoms. The van der Waals surface area contributed by atoms with E-state index in [1.165, 1.54) is 18.5 Å². The number of aromatic nitrogens is 4. The summed E-state index contributed by atoms with van der Waals surface area (Å²) in [6, 6.07) is 2.37. The second kappa shape index (κ2) is 8.02. The fraction of sp³-hybridized carbons (Fsp3) is 0.111. The van der Waals surface area contributed by atoms with Gasteiger partial charge in [-0.15, -0.1) is 5.10 Å². The van der Waals surface area contributed by atoms with Crippen LogP contribution in [0.3, 0.4) is 0 Å². The van der Waals surface area contributed by atoms with E-state index in [4.69, 9.17) is 17.3 Å². The predicted molar refractivity (Wildman–Crippen MR) is 98.1 cm³/mol. The molecule has 1 amide bonds. The highest BCUT2D eigenvalue weighted by Gasteiger charge is 2.37. The van der Waals surface area contributed by atoms with Crippen LogP contribution in [-0.4, -0.2) is 25.7 Å². The van der Waals surface area contributed by atoms with Crippen LogP contribution >= 0.6 is 11.6 Å². The van der Waals surface area contributed by atoms with Gasteiger partial charge in [0.25, 0.3) is 5.91 Å². The van der Waals surface area contributed by atoms with Gasteiger partial charge in [0.2, 0.25) is 0 Å². The molecular weight excluding hydrogens is 452 g/mol. The molecule has 2 heterocycles. The van der Waals surface area contributed by atoms with E-state index in [9.17, 15) is 31.1 Å². The number of carbonyl (C=O) groups is 1. The summed E-state index contributed by atoms with van der Waals surface area (Å²) in [6.45, 7) is 0. The maximum absolute atomic E-state index is 13.0. The molecule has 2 N–H and O–H groups in total. The number of hydrogen-bond acceptors (Lipinski definition) is 4. The zero-order valence-electron chi connectivity index (χ0n) is 15.0. The minimum absolute atomic E-state index is 0.00225. The molecule has 6 nitrogen and oxygen atoms in total. The van der Waals surface area contributed by atoms with Crippen LogP contribution in [0.4, 0.5) is 26.3 Å². The Hall–Kier alpha value is -3.41. The minimum Gasteiger partial charge on any atom is -0.366 e. The van der Waals surface area contributed by atoms with Gasteiger partial charge in [-0.1, -0.05) is 11.6 Å². The quantitative estimate of drug-likeness (QED) is 0.457. The molecule has 0 aliphatic rings. The molecule has 0 fully saturated rings. The zero-order valence-corrected chi connectivity index (χ0v) is 15.8. The summed E-state index contributed by atoms with van der Waals surface area (Å²) in [5.41, 5.74) is 1.90. The van der Waals surface area contributed by atoms with Gasteiger partial charge in [-0.05, 0) is 24.3 Å². The van der Waals surface area contributed by atoms with Gasteiger partial charge in [0, 0.05) is 29.7 Å². The molecule has 3 rings (SSSR count). The Bertz CT molecular complexity index is 1140. The van der Waals surface area contributed by atoms with E-state index < -0.39 is 40.8 Å². The Morgan fingerprint density at radius 1 is 1.00 bits per heavy atom. The first-order chi connectivity index (χ1) is 14.3. The van der Waals surface area contributed by atoms with Crippen molar-refractivity contribution in [1.82, 2.24) is 19.7 Å². The maximum atomic E-state index is 13.0. The Labute approximate surface area is 175 Å². The highest BCUT2D eigenvalue weighted by molar-refractivity contribution is 6.31. The molecule has 3 aromatic rings. The summed E-state index contributed by atoms with van der Waals surface area (Å²) in [7, 11) is 0. The van der Waals surface area contributed by atoms with Crippen LogP contribution in [0, 0.1) is 0 Å². The van der Waals surface area contributed by atoms with Crippen LogP contribution in [0.1, 0.15) is 16.7 Å². The third-order valence-corrected chi connectivity index (χ3v) is 4.10. The summed E-state index contributed by atoms with van der Waals surface area (Å²) in [5, 5.41) is 4.03. The van der Waals surface area contributed by atoms with Gasteiger partial charge >= 0.3 is 12.4 Å². The predicted octanol–water partition coefficient (Wildman–Crippen LogP) is 4.51. The normalized spacial score (nSPS) is 12.8. The summed E-state index contributed by atoms with van der Waals surface area (Å²) >= 11 is 5.82. The van der Waals surface area contributed by atoms with Crippen LogP contribution < -0.4 is 5.73 Å². The number of alkyl halides is 6. The lowest BCUT2D eigenvalue weighted by Gasteiger charge is -2.13. The Morgan fingerprint density at radius 3 is 2.13 bits per heavy atom. The summed E-state index contributed by atoms with van der Waals surface area (Å²) in [4.78, 5) is 19.3. The van der Waals surface area contributed by atoms with E-state index in [0.717, 1.165) is 17.2 Å². The van der Waals surface area contributed by atoms with Gasteiger partial charge in [0.1, 0.15) is 6.33 Å². The van der Waals surface area contributed by atoms with Gasteiger partial charge in [0.05, 0.1) is 21.7 Å². The van der Waals surface area contributed by atoms with Crippen LogP contribution in [0.25, 0.3) is 23.2 Å². The van der Waals surface area contributed by atoms with Crippen molar-refractivity contribution in [2.45, 2.75) is 12.4 Å². The number of carbonyl (C=O) groups excluding carboxylic acids is 1. The first kappa shape index (κ1) is 22.3. The number of primary amides is 1. The van der Waals surface area contributed by atoms with E-state index in [2.05, 4.69) is 15.1 Å². The molecule has 13 heteroatoms. The lowest BCUT2D eigenvalue weighted by Crippen LogP contribution is -2.14. The molecule has 0 radical (unpaired) electrons. The summed E-state index contributed by atoms with van der Waals surface area (Å²) in [6.07, 6.45) is -5.37. The third-order valence-electron chi connectivity index (χ3n) is 3.90. The van der Waals surface area contributed by atoms with Crippen molar-refractivity contribution in [1.29, 1.82) is 0 Å². The van der Waals surface area contributed by atoms with Crippen molar-refractivity contribution >= 4 is 29.3 Å². The minimum atomic E-state index is -5.02. The molecule has 0 spiro atoms. The Kier molecular flexibility index (Phi) is 5.77. The van der Waals surface area contributed by atoms with Gasteiger partial charge in [0.15, 0.2) is 5.82 Å². The van der Waals surface area contributed by atoms with Crippen LogP contribution in [0.15, 0.2) is 43.0 Å². The number of amides is 1. The number of benzene rings is 1. The molecule has 0 atom stereocenters. The second-order valence-electron chi connectivity index (χ2n) is 6.14. The lowest BCUT2D eigenvalue weighted by atomic mass is 10.0. The van der Waals surface area contributed by atoms with Gasteiger partial charge < -0.3 is 5.73 Å². The first-order valence-electron chi connectivity index (χ1n) is 8.18. The smallest absolute Gasteiger partial charge is 0.366 e. The average Bonchev–Trinajstić information content (AvgIpc) is 3.13. The van der Waals surface area contributed by atoms with Gasteiger partial charge in [-0.3, -0.25) is 9.78 Å². The average molecular weight is 462 g/mol. The zero-order chi connectivity index (χ0) is 23.0. The van der Waals surface area contributed by atoms with Crippen molar-refractivity contribution < 1.29 is 31.1 Å².